The topological polar surface area (TPSA) is 191 Å². The molecule has 0 radical (unpaired) electrons. The molecule has 0 aliphatic heterocycles. The number of aldehydes is 1. The molecular formula is C22H36N4O8. The van der Waals surface area contributed by atoms with Gasteiger partial charge in [0.25, 0.3) is 0 Å². The van der Waals surface area contributed by atoms with Gasteiger partial charge >= 0.3 is 18.0 Å². The van der Waals surface area contributed by atoms with Crippen LogP contribution in [0.3, 0.4) is 0 Å². The van der Waals surface area contributed by atoms with Crippen LogP contribution in [-0.4, -0.2) is 71.5 Å². The summed E-state index contributed by atoms with van der Waals surface area (Å²) < 4.78 is 0. The third-order valence-electron chi connectivity index (χ3n) is 5.63. The van der Waals surface area contributed by atoms with Crippen LogP contribution in [0.5, 0.6) is 0 Å². The van der Waals surface area contributed by atoms with Crippen molar-refractivity contribution < 1.29 is 39.0 Å². The zero-order valence-corrected chi connectivity index (χ0v) is 19.3. The number of carboxylic acid groups (broad SMARTS) is 2. The molecule has 1 aliphatic carbocycles. The summed E-state index contributed by atoms with van der Waals surface area (Å²) in [7, 11) is 0. The second kappa shape index (κ2) is 16.4. The standard InChI is InChI=1S/C22H36N4O8/c27-14-16(25-22(34)26-17(21(32)33)10-6-11-19(29)30)9-4-5-12-23-18(28)13-24-20(31)15-7-2-1-3-8-15/h14-17H,1-13H2,(H,23,28)(H,24,31)(H,29,30)(H,32,33)(H2,25,26,34)/t16-,17-/m0/s1. The Morgan fingerprint density at radius 2 is 1.59 bits per heavy atom. The van der Waals surface area contributed by atoms with Crippen molar-refractivity contribution in [2.45, 2.75) is 82.7 Å². The molecule has 12 heteroatoms. The normalized spacial score (nSPS) is 15.4. The first-order chi connectivity index (χ1) is 16.2. The van der Waals surface area contributed by atoms with Crippen molar-refractivity contribution in [3.63, 3.8) is 0 Å². The lowest BCUT2D eigenvalue weighted by Gasteiger charge is -2.20. The van der Waals surface area contributed by atoms with Gasteiger partial charge in [-0.05, 0) is 44.9 Å². The Bertz CT molecular complexity index is 709. The highest BCUT2D eigenvalue weighted by molar-refractivity contribution is 5.86. The highest BCUT2D eigenvalue weighted by Crippen LogP contribution is 2.23. The van der Waals surface area contributed by atoms with Gasteiger partial charge < -0.3 is 36.3 Å². The molecule has 6 N–H and O–H groups in total. The molecule has 0 aromatic heterocycles. The molecule has 0 heterocycles. The molecule has 4 amide bonds. The quantitative estimate of drug-likeness (QED) is 0.135. The number of hydrogen-bond acceptors (Lipinski definition) is 6. The van der Waals surface area contributed by atoms with Crippen LogP contribution in [-0.2, 0) is 24.0 Å². The molecule has 0 saturated heterocycles. The van der Waals surface area contributed by atoms with Crippen LogP contribution in [0.15, 0.2) is 0 Å². The zero-order chi connectivity index (χ0) is 25.3. The predicted octanol–water partition coefficient (Wildman–Crippen LogP) is 0.544. The lowest BCUT2D eigenvalue weighted by atomic mass is 9.89. The SMILES string of the molecule is O=C[C@H](CCCCNC(=O)CNC(=O)C1CCCCC1)NC(=O)N[C@@H](CCCC(=O)O)C(=O)O. The average Bonchev–Trinajstić information content (AvgIpc) is 2.81. The summed E-state index contributed by atoms with van der Waals surface area (Å²) in [6, 6.07) is -2.93. The fraction of sp³-hybridized carbons (Fsp3) is 0.727. The lowest BCUT2D eigenvalue weighted by molar-refractivity contribution is -0.140. The third-order valence-corrected chi connectivity index (χ3v) is 5.63. The number of nitrogens with one attached hydrogen (secondary N) is 4. The fourth-order valence-corrected chi connectivity index (χ4v) is 3.71. The van der Waals surface area contributed by atoms with E-state index in [0.717, 1.165) is 32.1 Å². The van der Waals surface area contributed by atoms with Crippen LogP contribution in [0, 0.1) is 5.92 Å². The number of hydrogen-bond donors (Lipinski definition) is 6. The molecule has 0 aromatic carbocycles. The van der Waals surface area contributed by atoms with E-state index in [1.807, 2.05) is 0 Å². The van der Waals surface area contributed by atoms with Crippen LogP contribution in [0.25, 0.3) is 0 Å². The number of amides is 4. The van der Waals surface area contributed by atoms with Gasteiger partial charge in [0, 0.05) is 18.9 Å². The molecule has 0 spiro atoms. The minimum Gasteiger partial charge on any atom is -0.481 e. The van der Waals surface area contributed by atoms with Gasteiger partial charge in [-0.25, -0.2) is 9.59 Å². The molecule has 0 aromatic rings. The molecule has 1 aliphatic rings. The molecule has 34 heavy (non-hydrogen) atoms. The van der Waals surface area contributed by atoms with E-state index in [2.05, 4.69) is 21.3 Å². The summed E-state index contributed by atoms with van der Waals surface area (Å²) in [4.78, 5) is 68.9. The Hall–Kier alpha value is -3.18. The first-order valence-electron chi connectivity index (χ1n) is 11.7. The number of urea groups is 1. The summed E-state index contributed by atoms with van der Waals surface area (Å²) in [5, 5.41) is 27.7. The number of carbonyl (C=O) groups is 6. The van der Waals surface area contributed by atoms with E-state index in [0.29, 0.717) is 32.1 Å². The van der Waals surface area contributed by atoms with Crippen molar-refractivity contribution in [3.05, 3.63) is 0 Å². The summed E-state index contributed by atoms with van der Waals surface area (Å²) in [6.45, 7) is 0.270. The highest BCUT2D eigenvalue weighted by atomic mass is 16.4. The van der Waals surface area contributed by atoms with E-state index in [4.69, 9.17) is 10.2 Å². The molecule has 1 saturated carbocycles. The summed E-state index contributed by atoms with van der Waals surface area (Å²) >= 11 is 0. The van der Waals surface area contributed by atoms with Crippen molar-refractivity contribution in [1.82, 2.24) is 21.3 Å². The fourth-order valence-electron chi connectivity index (χ4n) is 3.71. The summed E-state index contributed by atoms with van der Waals surface area (Å²) in [5.74, 6) is -2.75. The molecule has 192 valence electrons. The maximum atomic E-state index is 12.0. The third kappa shape index (κ3) is 12.8. The van der Waals surface area contributed by atoms with Crippen molar-refractivity contribution in [1.29, 1.82) is 0 Å². The number of carboxylic acids is 2. The van der Waals surface area contributed by atoms with Gasteiger partial charge in [-0.3, -0.25) is 14.4 Å². The van der Waals surface area contributed by atoms with E-state index < -0.39 is 30.1 Å². The van der Waals surface area contributed by atoms with Crippen molar-refractivity contribution in [2.24, 2.45) is 5.92 Å². The van der Waals surface area contributed by atoms with Gasteiger partial charge in [0.2, 0.25) is 11.8 Å². The monoisotopic (exact) mass is 484 g/mol. The largest absolute Gasteiger partial charge is 0.481 e. The molecule has 0 unspecified atom stereocenters. The molecule has 0 bridgehead atoms. The van der Waals surface area contributed by atoms with E-state index in [-0.39, 0.29) is 43.5 Å². The molecular weight excluding hydrogens is 448 g/mol. The van der Waals surface area contributed by atoms with E-state index in [9.17, 15) is 28.8 Å². The van der Waals surface area contributed by atoms with E-state index in [1.165, 1.54) is 0 Å². The maximum Gasteiger partial charge on any atom is 0.326 e. The Balaban J connectivity index is 2.20. The Morgan fingerprint density at radius 3 is 2.21 bits per heavy atom. The van der Waals surface area contributed by atoms with E-state index >= 15 is 0 Å². The van der Waals surface area contributed by atoms with Crippen LogP contribution in [0.1, 0.15) is 70.6 Å². The predicted molar refractivity (Wildman–Crippen MR) is 121 cm³/mol. The van der Waals surface area contributed by atoms with Crippen LogP contribution in [0.2, 0.25) is 0 Å². The van der Waals surface area contributed by atoms with Gasteiger partial charge in [-0.1, -0.05) is 19.3 Å². The molecule has 1 fully saturated rings. The number of aliphatic carboxylic acids is 2. The minimum absolute atomic E-state index is 0.0120. The second-order valence-electron chi connectivity index (χ2n) is 8.44. The first-order valence-corrected chi connectivity index (χ1v) is 11.7. The molecule has 2 atom stereocenters. The average molecular weight is 485 g/mol. The van der Waals surface area contributed by atoms with Gasteiger partial charge in [0.1, 0.15) is 12.3 Å². The van der Waals surface area contributed by atoms with Crippen LogP contribution < -0.4 is 21.3 Å². The van der Waals surface area contributed by atoms with Gasteiger partial charge in [0.15, 0.2) is 0 Å². The van der Waals surface area contributed by atoms with Crippen molar-refractivity contribution in [3.8, 4) is 0 Å². The molecule has 1 rings (SSSR count). The van der Waals surface area contributed by atoms with Gasteiger partial charge in [0.05, 0.1) is 12.6 Å². The highest BCUT2D eigenvalue weighted by Gasteiger charge is 2.22. The Morgan fingerprint density at radius 1 is 0.882 bits per heavy atom. The first kappa shape index (κ1) is 28.9. The van der Waals surface area contributed by atoms with Crippen LogP contribution >= 0.6 is 0 Å². The van der Waals surface area contributed by atoms with Crippen molar-refractivity contribution in [2.75, 3.05) is 13.1 Å². The van der Waals surface area contributed by atoms with Gasteiger partial charge in [-0.2, -0.15) is 0 Å². The Kier molecular flexibility index (Phi) is 13.9. The molecule has 12 nitrogen and oxygen atoms in total. The summed E-state index contributed by atoms with van der Waals surface area (Å²) in [6.07, 6.45) is 6.65. The zero-order valence-electron chi connectivity index (χ0n) is 19.3. The number of carbonyl (C=O) groups excluding carboxylic acids is 4. The smallest absolute Gasteiger partial charge is 0.326 e. The number of unbranched alkanes of at least 4 members (excludes halogenated alkanes) is 1. The number of rotatable bonds is 16. The summed E-state index contributed by atoms with van der Waals surface area (Å²) in [5.41, 5.74) is 0. The van der Waals surface area contributed by atoms with E-state index in [1.54, 1.807) is 0 Å². The van der Waals surface area contributed by atoms with Gasteiger partial charge in [-0.15, -0.1) is 0 Å². The maximum absolute atomic E-state index is 12.0. The Labute approximate surface area is 198 Å². The van der Waals surface area contributed by atoms with Crippen LogP contribution in [0.4, 0.5) is 4.79 Å². The van der Waals surface area contributed by atoms with Crippen molar-refractivity contribution >= 4 is 36.1 Å². The lowest BCUT2D eigenvalue weighted by Crippen LogP contribution is -2.49. The second-order valence-corrected chi connectivity index (χ2v) is 8.44. The minimum atomic E-state index is -1.30.